The van der Waals surface area contributed by atoms with Gasteiger partial charge in [0.1, 0.15) is 11.9 Å². The third kappa shape index (κ3) is 7.61. The molecule has 1 atom stereocenters. The van der Waals surface area contributed by atoms with Gasteiger partial charge in [0, 0.05) is 50.7 Å². The van der Waals surface area contributed by atoms with Crippen LogP contribution in [0.2, 0.25) is 0 Å². The molecule has 0 bridgehead atoms. The second-order valence-corrected chi connectivity index (χ2v) is 8.13. The quantitative estimate of drug-likeness (QED) is 0.300. The molecule has 0 aromatic heterocycles. The van der Waals surface area contributed by atoms with Crippen LogP contribution in [-0.2, 0) is 11.3 Å². The van der Waals surface area contributed by atoms with Crippen LogP contribution in [0.25, 0.3) is 0 Å². The number of benzene rings is 1. The number of hydrogen-bond donors (Lipinski definition) is 2. The molecule has 0 spiro atoms. The number of nitrogens with zero attached hydrogens (tertiary/aromatic N) is 2. The van der Waals surface area contributed by atoms with Crippen molar-refractivity contribution < 1.29 is 9.47 Å². The van der Waals surface area contributed by atoms with Gasteiger partial charge in [-0.3, -0.25) is 9.89 Å². The summed E-state index contributed by atoms with van der Waals surface area (Å²) in [6.07, 6.45) is 3.79. The average molecular weight is 516 g/mol. The molecule has 1 saturated heterocycles. The molecule has 2 aliphatic rings. The van der Waals surface area contributed by atoms with E-state index >= 15 is 0 Å². The van der Waals surface area contributed by atoms with Gasteiger partial charge in [-0.2, -0.15) is 0 Å². The van der Waals surface area contributed by atoms with E-state index in [2.05, 4.69) is 59.5 Å². The van der Waals surface area contributed by atoms with Crippen molar-refractivity contribution in [3.63, 3.8) is 0 Å². The van der Waals surface area contributed by atoms with Crippen LogP contribution in [0.15, 0.2) is 23.2 Å². The van der Waals surface area contributed by atoms with E-state index in [0.29, 0.717) is 19.2 Å². The van der Waals surface area contributed by atoms with E-state index in [1.165, 1.54) is 18.4 Å². The van der Waals surface area contributed by atoms with Crippen LogP contribution >= 0.6 is 24.0 Å². The summed E-state index contributed by atoms with van der Waals surface area (Å²) in [5.41, 5.74) is 2.34. The molecule has 0 radical (unpaired) electrons. The molecule has 2 fully saturated rings. The number of hydrogen-bond acceptors (Lipinski definition) is 4. The molecule has 1 aromatic rings. The Balaban J connectivity index is 0.00000300. The van der Waals surface area contributed by atoms with Crippen molar-refractivity contribution in [1.29, 1.82) is 0 Å². The molecule has 1 unspecified atom stereocenters. The summed E-state index contributed by atoms with van der Waals surface area (Å²) >= 11 is 0. The van der Waals surface area contributed by atoms with E-state index in [9.17, 15) is 0 Å². The van der Waals surface area contributed by atoms with Crippen molar-refractivity contribution in [2.24, 2.45) is 4.99 Å². The van der Waals surface area contributed by atoms with Crippen LogP contribution in [0, 0.1) is 6.92 Å². The first-order valence-corrected chi connectivity index (χ1v) is 10.6. The van der Waals surface area contributed by atoms with Gasteiger partial charge in [-0.15, -0.1) is 24.0 Å². The second kappa shape index (κ2) is 12.0. The van der Waals surface area contributed by atoms with E-state index in [0.717, 1.165) is 49.4 Å². The van der Waals surface area contributed by atoms with Gasteiger partial charge in [0.05, 0.1) is 13.2 Å². The summed E-state index contributed by atoms with van der Waals surface area (Å²) in [7, 11) is 1.82. The molecule has 1 saturated carbocycles. The number of nitrogens with one attached hydrogen (secondary N) is 2. The second-order valence-electron chi connectivity index (χ2n) is 8.13. The van der Waals surface area contributed by atoms with Gasteiger partial charge in [0.15, 0.2) is 5.96 Å². The molecule has 6 nitrogen and oxygen atoms in total. The van der Waals surface area contributed by atoms with E-state index in [1.54, 1.807) is 0 Å². The maximum Gasteiger partial charge on any atom is 0.191 e. The number of rotatable bonds is 9. The van der Waals surface area contributed by atoms with Gasteiger partial charge in [-0.05, 0) is 45.2 Å². The Hall–Kier alpha value is -1.06. The fraction of sp³-hybridized carbons (Fsp3) is 0.682. The monoisotopic (exact) mass is 516 g/mol. The number of aliphatic imine (C=N–C) groups is 1. The lowest BCUT2D eigenvalue weighted by atomic mass is 10.1. The van der Waals surface area contributed by atoms with E-state index < -0.39 is 0 Å². The molecule has 164 valence electrons. The maximum atomic E-state index is 6.19. The van der Waals surface area contributed by atoms with E-state index in [-0.39, 0.29) is 30.1 Å². The highest BCUT2D eigenvalue weighted by Crippen LogP contribution is 2.28. The van der Waals surface area contributed by atoms with Crippen molar-refractivity contribution in [3.05, 3.63) is 29.3 Å². The smallest absolute Gasteiger partial charge is 0.191 e. The Morgan fingerprint density at radius 2 is 2.07 bits per heavy atom. The van der Waals surface area contributed by atoms with Crippen LogP contribution < -0.4 is 15.4 Å². The molecule has 1 aliphatic carbocycles. The summed E-state index contributed by atoms with van der Waals surface area (Å²) in [5, 5.41) is 6.88. The molecule has 3 rings (SSSR count). The number of ether oxygens (including phenoxy) is 2. The molecule has 2 N–H and O–H groups in total. The summed E-state index contributed by atoms with van der Waals surface area (Å²) in [5.74, 6) is 1.77. The lowest BCUT2D eigenvalue weighted by molar-refractivity contribution is 0.140. The van der Waals surface area contributed by atoms with Crippen molar-refractivity contribution in [1.82, 2.24) is 15.5 Å². The van der Waals surface area contributed by atoms with Crippen molar-refractivity contribution >= 4 is 29.9 Å². The number of aryl methyl sites for hydroxylation is 1. The van der Waals surface area contributed by atoms with Gasteiger partial charge in [0.25, 0.3) is 0 Å². The molecule has 1 aliphatic heterocycles. The van der Waals surface area contributed by atoms with Crippen LogP contribution in [-0.4, -0.2) is 62.4 Å². The third-order valence-corrected chi connectivity index (χ3v) is 5.42. The van der Waals surface area contributed by atoms with E-state index in [4.69, 9.17) is 9.47 Å². The van der Waals surface area contributed by atoms with Crippen LogP contribution in [0.4, 0.5) is 0 Å². The Bertz CT molecular complexity index is 656. The topological polar surface area (TPSA) is 58.1 Å². The number of halogens is 1. The minimum Gasteiger partial charge on any atom is -0.488 e. The first kappa shape index (κ1) is 24.2. The Morgan fingerprint density at radius 1 is 1.28 bits per heavy atom. The SMILES string of the molecule is CN=C(NCCN(C(C)C)C1CC1)NCc1ccc(C)cc1OC1CCOC1.I. The van der Waals surface area contributed by atoms with Gasteiger partial charge < -0.3 is 20.1 Å². The van der Waals surface area contributed by atoms with Crippen LogP contribution in [0.1, 0.15) is 44.2 Å². The third-order valence-electron chi connectivity index (χ3n) is 5.42. The normalized spacial score (nSPS) is 19.4. The average Bonchev–Trinajstić information content (AvgIpc) is 3.38. The molecule has 7 heteroatoms. The summed E-state index contributed by atoms with van der Waals surface area (Å²) < 4.78 is 11.6. The minimum absolute atomic E-state index is 0. The minimum atomic E-state index is 0. The highest BCUT2D eigenvalue weighted by molar-refractivity contribution is 14.0. The molecule has 0 amide bonds. The molecule has 29 heavy (non-hydrogen) atoms. The summed E-state index contributed by atoms with van der Waals surface area (Å²) in [6, 6.07) is 7.75. The fourth-order valence-electron chi connectivity index (χ4n) is 3.67. The van der Waals surface area contributed by atoms with Crippen molar-refractivity contribution in [2.45, 2.75) is 64.8 Å². The standard InChI is InChI=1S/C22H36N4O2.HI/c1-16(2)26(19-7-8-19)11-10-24-22(23-4)25-14-18-6-5-17(3)13-21(18)28-20-9-12-27-15-20;/h5-6,13,16,19-20H,7-12,14-15H2,1-4H3,(H2,23,24,25);1H. The molecule has 1 heterocycles. The first-order chi connectivity index (χ1) is 13.6. The Kier molecular flexibility index (Phi) is 9.98. The number of guanidine groups is 1. The van der Waals surface area contributed by atoms with Crippen LogP contribution in [0.3, 0.4) is 0 Å². The summed E-state index contributed by atoms with van der Waals surface area (Å²) in [6.45, 7) is 10.7. The predicted molar refractivity (Wildman–Crippen MR) is 130 cm³/mol. The Morgan fingerprint density at radius 3 is 2.69 bits per heavy atom. The Labute approximate surface area is 192 Å². The zero-order chi connectivity index (χ0) is 19.9. The largest absolute Gasteiger partial charge is 0.488 e. The zero-order valence-corrected chi connectivity index (χ0v) is 20.6. The maximum absolute atomic E-state index is 6.19. The lowest BCUT2D eigenvalue weighted by Crippen LogP contribution is -2.43. The molecule has 1 aromatic carbocycles. The van der Waals surface area contributed by atoms with Crippen molar-refractivity contribution in [2.75, 3.05) is 33.4 Å². The zero-order valence-electron chi connectivity index (χ0n) is 18.2. The first-order valence-electron chi connectivity index (χ1n) is 10.6. The lowest BCUT2D eigenvalue weighted by Gasteiger charge is -2.26. The van der Waals surface area contributed by atoms with Gasteiger partial charge in [-0.25, -0.2) is 0 Å². The molecular formula is C22H37IN4O2. The fourth-order valence-corrected chi connectivity index (χ4v) is 3.67. The highest BCUT2D eigenvalue weighted by atomic mass is 127. The summed E-state index contributed by atoms with van der Waals surface area (Å²) in [4.78, 5) is 6.95. The van der Waals surface area contributed by atoms with E-state index in [1.807, 2.05) is 7.05 Å². The van der Waals surface area contributed by atoms with Crippen LogP contribution in [0.5, 0.6) is 5.75 Å². The molecular weight excluding hydrogens is 479 g/mol. The highest BCUT2D eigenvalue weighted by Gasteiger charge is 2.30. The van der Waals surface area contributed by atoms with Gasteiger partial charge in [0.2, 0.25) is 0 Å². The van der Waals surface area contributed by atoms with Crippen molar-refractivity contribution in [3.8, 4) is 5.75 Å². The van der Waals surface area contributed by atoms with Gasteiger partial charge in [-0.1, -0.05) is 12.1 Å². The van der Waals surface area contributed by atoms with Gasteiger partial charge >= 0.3 is 0 Å². The predicted octanol–water partition coefficient (Wildman–Crippen LogP) is 3.32.